The molecule has 2 N–H and O–H groups in total. The molecule has 1 aromatic carbocycles. The summed E-state index contributed by atoms with van der Waals surface area (Å²) in [5, 5.41) is 2.07. The van der Waals surface area contributed by atoms with E-state index in [-0.39, 0.29) is 16.4 Å². The predicted octanol–water partition coefficient (Wildman–Crippen LogP) is 3.92. The highest BCUT2D eigenvalue weighted by molar-refractivity contribution is 9.11. The Morgan fingerprint density at radius 1 is 1.47 bits per heavy atom. The SMILES string of the molecule is CN(Cc1csc(Br)c1)c1ccc(C(N)=S)c(F)c1. The van der Waals surface area contributed by atoms with Gasteiger partial charge in [-0.1, -0.05) is 12.2 Å². The smallest absolute Gasteiger partial charge is 0.135 e. The molecule has 6 heteroatoms. The first-order valence-electron chi connectivity index (χ1n) is 5.51. The molecule has 0 atom stereocenters. The second-order valence-electron chi connectivity index (χ2n) is 4.14. The molecule has 0 aliphatic carbocycles. The fraction of sp³-hybridized carbons (Fsp3) is 0.154. The zero-order chi connectivity index (χ0) is 14.0. The van der Waals surface area contributed by atoms with Gasteiger partial charge in [-0.2, -0.15) is 0 Å². The lowest BCUT2D eigenvalue weighted by Gasteiger charge is -2.19. The summed E-state index contributed by atoms with van der Waals surface area (Å²) >= 11 is 9.85. The van der Waals surface area contributed by atoms with Gasteiger partial charge in [-0.15, -0.1) is 11.3 Å². The molecule has 0 saturated carbocycles. The lowest BCUT2D eigenvalue weighted by Crippen LogP contribution is -2.17. The molecule has 1 aromatic heterocycles. The van der Waals surface area contributed by atoms with E-state index in [9.17, 15) is 4.39 Å². The summed E-state index contributed by atoms with van der Waals surface area (Å²) in [6.07, 6.45) is 0. The lowest BCUT2D eigenvalue weighted by atomic mass is 10.1. The Bertz CT molecular complexity index is 612. The van der Waals surface area contributed by atoms with Crippen molar-refractivity contribution in [2.24, 2.45) is 5.73 Å². The van der Waals surface area contributed by atoms with Crippen LogP contribution in [-0.2, 0) is 6.54 Å². The Balaban J connectivity index is 2.17. The van der Waals surface area contributed by atoms with E-state index in [1.165, 1.54) is 11.6 Å². The van der Waals surface area contributed by atoms with Gasteiger partial charge in [0, 0.05) is 24.8 Å². The van der Waals surface area contributed by atoms with E-state index in [4.69, 9.17) is 18.0 Å². The molecule has 100 valence electrons. The zero-order valence-electron chi connectivity index (χ0n) is 10.2. The summed E-state index contributed by atoms with van der Waals surface area (Å²) in [6, 6.07) is 6.95. The Labute approximate surface area is 129 Å². The van der Waals surface area contributed by atoms with Gasteiger partial charge in [0.05, 0.1) is 3.79 Å². The molecule has 19 heavy (non-hydrogen) atoms. The van der Waals surface area contributed by atoms with Crippen LogP contribution in [0, 0.1) is 5.82 Å². The van der Waals surface area contributed by atoms with Gasteiger partial charge in [0.25, 0.3) is 0 Å². The molecule has 0 aliphatic heterocycles. The Morgan fingerprint density at radius 2 is 2.21 bits per heavy atom. The van der Waals surface area contributed by atoms with Gasteiger partial charge in [0.15, 0.2) is 0 Å². The lowest BCUT2D eigenvalue weighted by molar-refractivity contribution is 0.625. The predicted molar refractivity (Wildman–Crippen MR) is 86.4 cm³/mol. The minimum Gasteiger partial charge on any atom is -0.389 e. The van der Waals surface area contributed by atoms with Crippen LogP contribution in [0.2, 0.25) is 0 Å². The van der Waals surface area contributed by atoms with E-state index in [1.807, 2.05) is 18.0 Å². The van der Waals surface area contributed by atoms with E-state index >= 15 is 0 Å². The first-order valence-corrected chi connectivity index (χ1v) is 7.59. The van der Waals surface area contributed by atoms with Crippen LogP contribution >= 0.6 is 39.5 Å². The average Bonchev–Trinajstić information content (AvgIpc) is 2.74. The third kappa shape index (κ3) is 3.52. The summed E-state index contributed by atoms with van der Waals surface area (Å²) in [7, 11) is 1.92. The van der Waals surface area contributed by atoms with E-state index in [1.54, 1.807) is 17.4 Å². The number of hydrogen-bond donors (Lipinski definition) is 1. The molecule has 0 unspecified atom stereocenters. The Morgan fingerprint density at radius 3 is 2.74 bits per heavy atom. The molecule has 0 bridgehead atoms. The number of rotatable bonds is 4. The van der Waals surface area contributed by atoms with Gasteiger partial charge < -0.3 is 10.6 Å². The summed E-state index contributed by atoms with van der Waals surface area (Å²) in [6.45, 7) is 0.716. The van der Waals surface area contributed by atoms with Gasteiger partial charge in [-0.3, -0.25) is 0 Å². The van der Waals surface area contributed by atoms with Crippen LogP contribution < -0.4 is 10.6 Å². The third-order valence-electron chi connectivity index (χ3n) is 2.70. The first kappa shape index (κ1) is 14.4. The van der Waals surface area contributed by atoms with Crippen LogP contribution in [0.5, 0.6) is 0 Å². The topological polar surface area (TPSA) is 29.3 Å². The molecular formula is C13H12BrFN2S2. The summed E-state index contributed by atoms with van der Waals surface area (Å²) in [5.41, 5.74) is 7.69. The van der Waals surface area contributed by atoms with Gasteiger partial charge >= 0.3 is 0 Å². The molecular weight excluding hydrogens is 347 g/mol. The molecule has 0 spiro atoms. The fourth-order valence-electron chi connectivity index (χ4n) is 1.74. The van der Waals surface area contributed by atoms with Crippen LogP contribution in [0.25, 0.3) is 0 Å². The monoisotopic (exact) mass is 358 g/mol. The fourth-order valence-corrected chi connectivity index (χ4v) is 3.10. The number of halogens is 2. The average molecular weight is 359 g/mol. The maximum atomic E-state index is 13.8. The number of nitrogens with zero attached hydrogens (tertiary/aromatic N) is 1. The van der Waals surface area contributed by atoms with Crippen molar-refractivity contribution in [3.05, 3.63) is 50.4 Å². The van der Waals surface area contributed by atoms with Crippen molar-refractivity contribution in [3.63, 3.8) is 0 Å². The number of benzene rings is 1. The van der Waals surface area contributed by atoms with E-state index in [0.717, 1.165) is 9.47 Å². The molecule has 0 radical (unpaired) electrons. The third-order valence-corrected chi connectivity index (χ3v) is 4.47. The second-order valence-corrected chi connectivity index (χ2v) is 6.87. The molecule has 0 fully saturated rings. The van der Waals surface area contributed by atoms with E-state index in [0.29, 0.717) is 6.54 Å². The largest absolute Gasteiger partial charge is 0.389 e. The molecule has 0 saturated heterocycles. The van der Waals surface area contributed by atoms with Crippen LogP contribution in [-0.4, -0.2) is 12.0 Å². The molecule has 2 nitrogen and oxygen atoms in total. The number of nitrogens with two attached hydrogens (primary N) is 1. The van der Waals surface area contributed by atoms with Crippen LogP contribution in [0.3, 0.4) is 0 Å². The van der Waals surface area contributed by atoms with Gasteiger partial charge in [-0.05, 0) is 51.1 Å². The minimum absolute atomic E-state index is 0.0773. The van der Waals surface area contributed by atoms with Crippen molar-refractivity contribution in [1.29, 1.82) is 0 Å². The molecule has 1 heterocycles. The van der Waals surface area contributed by atoms with E-state index < -0.39 is 0 Å². The van der Waals surface area contributed by atoms with Crippen LogP contribution in [0.1, 0.15) is 11.1 Å². The van der Waals surface area contributed by atoms with Crippen molar-refractivity contribution in [3.8, 4) is 0 Å². The molecule has 2 aromatic rings. The highest BCUT2D eigenvalue weighted by Crippen LogP contribution is 2.24. The zero-order valence-corrected chi connectivity index (χ0v) is 13.4. The molecule has 2 rings (SSSR count). The Hall–Kier alpha value is -0.980. The van der Waals surface area contributed by atoms with Crippen LogP contribution in [0.15, 0.2) is 33.4 Å². The number of hydrogen-bond acceptors (Lipinski definition) is 3. The van der Waals surface area contributed by atoms with Crippen LogP contribution in [0.4, 0.5) is 10.1 Å². The van der Waals surface area contributed by atoms with Gasteiger partial charge in [0.1, 0.15) is 10.8 Å². The standard InChI is InChI=1S/C13H12BrFN2S2/c1-17(6-8-4-12(14)19-7-8)9-2-3-10(13(16)18)11(15)5-9/h2-5,7H,6H2,1H3,(H2,16,18). The Kier molecular flexibility index (Phi) is 4.54. The van der Waals surface area contributed by atoms with Crippen molar-refractivity contribution < 1.29 is 4.39 Å². The number of anilines is 1. The maximum absolute atomic E-state index is 13.8. The summed E-state index contributed by atoms with van der Waals surface area (Å²) in [4.78, 5) is 2.05. The van der Waals surface area contributed by atoms with Gasteiger partial charge in [-0.25, -0.2) is 4.39 Å². The maximum Gasteiger partial charge on any atom is 0.135 e. The highest BCUT2D eigenvalue weighted by Gasteiger charge is 2.09. The highest BCUT2D eigenvalue weighted by atomic mass is 79.9. The van der Waals surface area contributed by atoms with E-state index in [2.05, 4.69) is 27.4 Å². The quantitative estimate of drug-likeness (QED) is 0.839. The van der Waals surface area contributed by atoms with Crippen molar-refractivity contribution in [2.45, 2.75) is 6.54 Å². The van der Waals surface area contributed by atoms with Crippen molar-refractivity contribution in [2.75, 3.05) is 11.9 Å². The minimum atomic E-state index is -0.386. The van der Waals surface area contributed by atoms with Crippen molar-refractivity contribution >= 4 is 50.2 Å². The molecule has 0 amide bonds. The number of thiophene rings is 1. The second kappa shape index (κ2) is 5.98. The number of thiocarbonyl (C=S) groups is 1. The van der Waals surface area contributed by atoms with Crippen molar-refractivity contribution in [1.82, 2.24) is 0 Å². The summed E-state index contributed by atoms with van der Waals surface area (Å²) in [5.74, 6) is -0.386. The normalized spacial score (nSPS) is 10.5. The van der Waals surface area contributed by atoms with Gasteiger partial charge in [0.2, 0.25) is 0 Å². The summed E-state index contributed by atoms with van der Waals surface area (Å²) < 4.78 is 14.9. The molecule has 0 aliphatic rings. The first-order chi connectivity index (χ1) is 8.97.